The summed E-state index contributed by atoms with van der Waals surface area (Å²) in [6, 6.07) is 12.8. The number of anilines is 2. The predicted molar refractivity (Wildman–Crippen MR) is 99.9 cm³/mol. The van der Waals surface area contributed by atoms with E-state index in [-0.39, 0.29) is 5.69 Å². The highest BCUT2D eigenvalue weighted by atomic mass is 19.1. The molecule has 5 nitrogen and oxygen atoms in total. The van der Waals surface area contributed by atoms with Crippen molar-refractivity contribution in [3.05, 3.63) is 59.9 Å². The van der Waals surface area contributed by atoms with Crippen LogP contribution in [0.3, 0.4) is 0 Å². The van der Waals surface area contributed by atoms with E-state index in [1.54, 1.807) is 18.2 Å². The molecule has 0 saturated heterocycles. The van der Waals surface area contributed by atoms with Crippen LogP contribution in [0.5, 0.6) is 0 Å². The Bertz CT molecular complexity index is 758. The molecular formula is C20H23FN2O3. The van der Waals surface area contributed by atoms with Gasteiger partial charge >= 0.3 is 5.97 Å². The van der Waals surface area contributed by atoms with Gasteiger partial charge in [-0.2, -0.15) is 0 Å². The second kappa shape index (κ2) is 8.99. The minimum Gasteiger partial charge on any atom is -0.449 e. The fourth-order valence-corrected chi connectivity index (χ4v) is 2.48. The molecule has 0 saturated carbocycles. The van der Waals surface area contributed by atoms with Crippen molar-refractivity contribution in [2.75, 3.05) is 23.3 Å². The fraction of sp³-hybridized carbons (Fsp3) is 0.300. The molecule has 0 aromatic heterocycles. The number of amides is 1. The summed E-state index contributed by atoms with van der Waals surface area (Å²) in [6.45, 7) is 7.29. The third-order valence-corrected chi connectivity index (χ3v) is 4.02. The van der Waals surface area contributed by atoms with Gasteiger partial charge in [0, 0.05) is 18.8 Å². The summed E-state index contributed by atoms with van der Waals surface area (Å²) in [4.78, 5) is 26.5. The lowest BCUT2D eigenvalue weighted by Gasteiger charge is -2.21. The van der Waals surface area contributed by atoms with E-state index in [1.807, 2.05) is 12.1 Å². The molecule has 2 aromatic rings. The highest BCUT2D eigenvalue weighted by Gasteiger charge is 2.20. The molecule has 0 heterocycles. The van der Waals surface area contributed by atoms with E-state index in [9.17, 15) is 14.0 Å². The van der Waals surface area contributed by atoms with Crippen LogP contribution in [0, 0.1) is 5.82 Å². The van der Waals surface area contributed by atoms with Crippen LogP contribution in [0.15, 0.2) is 48.5 Å². The molecule has 0 unspecified atom stereocenters. The van der Waals surface area contributed by atoms with Crippen molar-refractivity contribution in [3.8, 4) is 0 Å². The molecule has 2 rings (SSSR count). The molecule has 0 aliphatic rings. The molecule has 0 fully saturated rings. The number of halogens is 1. The summed E-state index contributed by atoms with van der Waals surface area (Å²) >= 11 is 0. The highest BCUT2D eigenvalue weighted by Crippen LogP contribution is 2.17. The predicted octanol–water partition coefficient (Wildman–Crippen LogP) is 3.86. The van der Waals surface area contributed by atoms with Gasteiger partial charge in [0.05, 0.1) is 11.3 Å². The smallest absolute Gasteiger partial charge is 0.338 e. The van der Waals surface area contributed by atoms with Crippen LogP contribution in [0.1, 0.15) is 31.1 Å². The lowest BCUT2D eigenvalue weighted by atomic mass is 10.2. The third-order valence-electron chi connectivity index (χ3n) is 4.02. The molecule has 0 spiro atoms. The van der Waals surface area contributed by atoms with E-state index >= 15 is 0 Å². The Labute approximate surface area is 152 Å². The number of para-hydroxylation sites is 1. The molecule has 1 amide bonds. The van der Waals surface area contributed by atoms with Gasteiger partial charge < -0.3 is 15.0 Å². The Morgan fingerprint density at radius 2 is 1.69 bits per heavy atom. The monoisotopic (exact) mass is 358 g/mol. The van der Waals surface area contributed by atoms with Gasteiger partial charge in [-0.05, 0) is 57.2 Å². The van der Waals surface area contributed by atoms with E-state index in [0.29, 0.717) is 5.56 Å². The molecule has 1 atom stereocenters. The summed E-state index contributed by atoms with van der Waals surface area (Å²) < 4.78 is 18.8. The summed E-state index contributed by atoms with van der Waals surface area (Å²) in [5.41, 5.74) is 1.41. The lowest BCUT2D eigenvalue weighted by Crippen LogP contribution is -2.30. The van der Waals surface area contributed by atoms with Gasteiger partial charge in [-0.15, -0.1) is 0 Å². The molecule has 0 aliphatic heterocycles. The van der Waals surface area contributed by atoms with Crippen LogP contribution in [0.25, 0.3) is 0 Å². The van der Waals surface area contributed by atoms with E-state index in [4.69, 9.17) is 4.74 Å². The van der Waals surface area contributed by atoms with Crippen LogP contribution in [-0.2, 0) is 9.53 Å². The number of carbonyl (C=O) groups is 2. The maximum atomic E-state index is 13.6. The first-order valence-corrected chi connectivity index (χ1v) is 8.57. The second-order valence-corrected chi connectivity index (χ2v) is 5.74. The normalized spacial score (nSPS) is 11.5. The molecule has 26 heavy (non-hydrogen) atoms. The Balaban J connectivity index is 1.98. The van der Waals surface area contributed by atoms with Gasteiger partial charge in [-0.3, -0.25) is 4.79 Å². The molecule has 138 valence electrons. The molecule has 1 N–H and O–H groups in total. The Morgan fingerprint density at radius 3 is 2.27 bits per heavy atom. The fourth-order valence-electron chi connectivity index (χ4n) is 2.48. The van der Waals surface area contributed by atoms with E-state index < -0.39 is 23.8 Å². The highest BCUT2D eigenvalue weighted by molar-refractivity contribution is 5.97. The number of benzene rings is 2. The second-order valence-electron chi connectivity index (χ2n) is 5.74. The molecule has 0 aliphatic carbocycles. The zero-order chi connectivity index (χ0) is 19.1. The SMILES string of the molecule is CCN(CC)c1ccc(C(=O)O[C@H](C)C(=O)Nc2ccccc2F)cc1. The number of nitrogens with zero attached hydrogens (tertiary/aromatic N) is 1. The van der Waals surface area contributed by atoms with Crippen molar-refractivity contribution < 1.29 is 18.7 Å². The van der Waals surface area contributed by atoms with E-state index in [2.05, 4.69) is 24.1 Å². The molecule has 2 aromatic carbocycles. The number of carbonyl (C=O) groups excluding carboxylic acids is 2. The average molecular weight is 358 g/mol. The first-order chi connectivity index (χ1) is 12.5. The van der Waals surface area contributed by atoms with Crippen molar-refractivity contribution >= 4 is 23.3 Å². The van der Waals surface area contributed by atoms with Crippen molar-refractivity contribution in [2.24, 2.45) is 0 Å². The Morgan fingerprint density at radius 1 is 1.08 bits per heavy atom. The Hall–Kier alpha value is -2.89. The van der Waals surface area contributed by atoms with Crippen molar-refractivity contribution in [1.82, 2.24) is 0 Å². The molecule has 0 bridgehead atoms. The largest absolute Gasteiger partial charge is 0.449 e. The molecular weight excluding hydrogens is 335 g/mol. The quantitative estimate of drug-likeness (QED) is 0.764. The maximum Gasteiger partial charge on any atom is 0.338 e. The topological polar surface area (TPSA) is 58.6 Å². The third kappa shape index (κ3) is 4.81. The van der Waals surface area contributed by atoms with Gasteiger partial charge in [0.15, 0.2) is 6.10 Å². The van der Waals surface area contributed by atoms with Crippen LogP contribution < -0.4 is 10.2 Å². The van der Waals surface area contributed by atoms with Crippen LogP contribution in [-0.4, -0.2) is 31.1 Å². The minimum absolute atomic E-state index is 0.0453. The number of nitrogens with one attached hydrogen (secondary N) is 1. The number of ether oxygens (including phenoxy) is 1. The molecule has 0 radical (unpaired) electrons. The van der Waals surface area contributed by atoms with Gasteiger partial charge in [-0.1, -0.05) is 12.1 Å². The van der Waals surface area contributed by atoms with Gasteiger partial charge in [0.1, 0.15) is 5.82 Å². The standard InChI is InChI=1S/C20H23FN2O3/c1-4-23(5-2)16-12-10-15(11-13-16)20(25)26-14(3)19(24)22-18-9-7-6-8-17(18)21/h6-14H,4-5H2,1-3H3,(H,22,24)/t14-/m1/s1. The maximum absolute atomic E-state index is 13.6. The van der Waals surface area contributed by atoms with Gasteiger partial charge in [-0.25, -0.2) is 9.18 Å². The first kappa shape index (κ1) is 19.4. The van der Waals surface area contributed by atoms with Crippen LogP contribution in [0.2, 0.25) is 0 Å². The zero-order valence-corrected chi connectivity index (χ0v) is 15.2. The summed E-state index contributed by atoms with van der Waals surface area (Å²) in [6.07, 6.45) is -1.05. The molecule has 6 heteroatoms. The zero-order valence-electron chi connectivity index (χ0n) is 15.2. The van der Waals surface area contributed by atoms with Crippen molar-refractivity contribution in [2.45, 2.75) is 26.9 Å². The van der Waals surface area contributed by atoms with Gasteiger partial charge in [0.25, 0.3) is 5.91 Å². The summed E-state index contributed by atoms with van der Waals surface area (Å²) in [5.74, 6) is -1.75. The summed E-state index contributed by atoms with van der Waals surface area (Å²) in [5, 5.41) is 2.41. The first-order valence-electron chi connectivity index (χ1n) is 8.57. The van der Waals surface area contributed by atoms with Gasteiger partial charge in [0.2, 0.25) is 0 Å². The number of rotatable bonds is 7. The van der Waals surface area contributed by atoms with Crippen LogP contribution >= 0.6 is 0 Å². The minimum atomic E-state index is -1.05. The van der Waals surface area contributed by atoms with Crippen molar-refractivity contribution in [1.29, 1.82) is 0 Å². The lowest BCUT2D eigenvalue weighted by molar-refractivity contribution is -0.123. The average Bonchev–Trinajstić information content (AvgIpc) is 2.65. The van der Waals surface area contributed by atoms with Crippen molar-refractivity contribution in [3.63, 3.8) is 0 Å². The summed E-state index contributed by atoms with van der Waals surface area (Å²) in [7, 11) is 0. The number of hydrogen-bond acceptors (Lipinski definition) is 4. The Kier molecular flexibility index (Phi) is 6.72. The number of hydrogen-bond donors (Lipinski definition) is 1. The van der Waals surface area contributed by atoms with E-state index in [1.165, 1.54) is 25.1 Å². The number of esters is 1. The van der Waals surface area contributed by atoms with Crippen LogP contribution in [0.4, 0.5) is 15.8 Å². The van der Waals surface area contributed by atoms with E-state index in [0.717, 1.165) is 18.8 Å².